The molecule has 1 heterocycles. The molecule has 1 aliphatic rings. The van der Waals surface area contributed by atoms with Gasteiger partial charge in [-0.2, -0.15) is 13.2 Å². The Bertz CT molecular complexity index is 1050. The van der Waals surface area contributed by atoms with Crippen LogP contribution in [0.2, 0.25) is 0 Å². The minimum absolute atomic E-state index is 0.0280. The van der Waals surface area contributed by atoms with E-state index in [1.54, 1.807) is 51.3 Å². The van der Waals surface area contributed by atoms with Crippen molar-refractivity contribution in [2.24, 2.45) is 4.99 Å². The second kappa shape index (κ2) is 8.37. The first-order valence-corrected chi connectivity index (χ1v) is 9.67. The number of benzene rings is 2. The molecule has 31 heavy (non-hydrogen) atoms. The summed E-state index contributed by atoms with van der Waals surface area (Å²) in [7, 11) is 0. The number of nitrogens with zero attached hydrogens (tertiary/aromatic N) is 1. The van der Waals surface area contributed by atoms with Crippen LogP contribution >= 0.6 is 0 Å². The van der Waals surface area contributed by atoms with E-state index in [-0.39, 0.29) is 18.2 Å². The van der Waals surface area contributed by atoms with Crippen molar-refractivity contribution < 1.29 is 22.8 Å². The molecule has 2 N–H and O–H groups in total. The molecule has 2 aromatic rings. The van der Waals surface area contributed by atoms with Crippen molar-refractivity contribution in [1.29, 1.82) is 0 Å². The van der Waals surface area contributed by atoms with Gasteiger partial charge in [-0.25, -0.2) is 0 Å². The lowest BCUT2D eigenvalue weighted by Gasteiger charge is -2.22. The minimum Gasteiger partial charge on any atom is -0.355 e. The van der Waals surface area contributed by atoms with E-state index in [1.807, 2.05) is 0 Å². The summed E-state index contributed by atoms with van der Waals surface area (Å²) in [6.07, 6.45) is -1.03. The number of anilines is 2. The van der Waals surface area contributed by atoms with Crippen molar-refractivity contribution in [3.63, 3.8) is 0 Å². The average Bonchev–Trinajstić information content (AvgIpc) is 3.00. The van der Waals surface area contributed by atoms with Crippen LogP contribution in [-0.2, 0) is 21.2 Å². The van der Waals surface area contributed by atoms with Crippen molar-refractivity contribution >= 4 is 35.0 Å². The Morgan fingerprint density at radius 3 is 2.32 bits per heavy atom. The molecule has 1 unspecified atom stereocenters. The van der Waals surface area contributed by atoms with Crippen LogP contribution in [0.4, 0.5) is 24.5 Å². The topological polar surface area (TPSA) is 70.6 Å². The Kier molecular flexibility index (Phi) is 6.01. The van der Waals surface area contributed by atoms with Gasteiger partial charge in [-0.3, -0.25) is 14.6 Å². The van der Waals surface area contributed by atoms with Crippen LogP contribution in [0.25, 0.3) is 5.70 Å². The lowest BCUT2D eigenvalue weighted by molar-refractivity contribution is -0.137. The molecule has 1 saturated heterocycles. The number of nitrogens with one attached hydrogen (secondary N) is 2. The fourth-order valence-electron chi connectivity index (χ4n) is 3.45. The van der Waals surface area contributed by atoms with Crippen LogP contribution < -0.4 is 10.6 Å². The monoisotopic (exact) mass is 429 g/mol. The molecule has 5 nitrogen and oxygen atoms in total. The largest absolute Gasteiger partial charge is 0.416 e. The summed E-state index contributed by atoms with van der Waals surface area (Å²) in [4.78, 5) is 29.2. The lowest BCUT2D eigenvalue weighted by Crippen LogP contribution is -2.36. The molecule has 0 aliphatic carbocycles. The normalized spacial score (nSPS) is 19.7. The Balaban J connectivity index is 2.06. The first-order valence-electron chi connectivity index (χ1n) is 9.67. The van der Waals surface area contributed by atoms with E-state index in [0.29, 0.717) is 28.2 Å². The molecule has 1 aliphatic heterocycles. The smallest absolute Gasteiger partial charge is 0.355 e. The van der Waals surface area contributed by atoms with E-state index in [1.165, 1.54) is 12.1 Å². The molecule has 0 spiro atoms. The van der Waals surface area contributed by atoms with E-state index in [4.69, 9.17) is 0 Å². The molecule has 1 fully saturated rings. The number of rotatable bonds is 5. The van der Waals surface area contributed by atoms with E-state index >= 15 is 0 Å². The maximum atomic E-state index is 12.8. The average molecular weight is 429 g/mol. The Hall–Kier alpha value is -3.42. The number of hydrogen-bond acceptors (Lipinski definition) is 4. The summed E-state index contributed by atoms with van der Waals surface area (Å²) in [6, 6.07) is 9.77. The molecule has 0 aromatic heterocycles. The van der Waals surface area contributed by atoms with Crippen LogP contribution in [-0.4, -0.2) is 24.4 Å². The van der Waals surface area contributed by atoms with Gasteiger partial charge in [-0.1, -0.05) is 12.1 Å². The van der Waals surface area contributed by atoms with Crippen LogP contribution in [0, 0.1) is 0 Å². The van der Waals surface area contributed by atoms with Gasteiger partial charge in [0.25, 0.3) is 0 Å². The number of halogens is 3. The van der Waals surface area contributed by atoms with Crippen molar-refractivity contribution in [1.82, 2.24) is 5.32 Å². The van der Waals surface area contributed by atoms with Gasteiger partial charge in [0.15, 0.2) is 5.78 Å². The number of carbonyl (C=O) groups excluding carboxylic acids is 2. The van der Waals surface area contributed by atoms with Crippen molar-refractivity contribution in [2.45, 2.75) is 32.4 Å². The summed E-state index contributed by atoms with van der Waals surface area (Å²) < 4.78 is 38.5. The first kappa shape index (κ1) is 22.3. The number of ketones is 1. The Morgan fingerprint density at radius 2 is 1.81 bits per heavy atom. The van der Waals surface area contributed by atoms with Gasteiger partial charge in [-0.15, -0.1) is 0 Å². The summed E-state index contributed by atoms with van der Waals surface area (Å²) in [5.41, 5.74) is 0.717. The fraction of sp³-hybridized carbons (Fsp3) is 0.261. The van der Waals surface area contributed by atoms with Gasteiger partial charge >= 0.3 is 6.18 Å². The van der Waals surface area contributed by atoms with Gasteiger partial charge in [-0.05, 0) is 62.7 Å². The van der Waals surface area contributed by atoms with Crippen LogP contribution in [0.1, 0.15) is 37.5 Å². The van der Waals surface area contributed by atoms with Crippen LogP contribution in [0.15, 0.2) is 53.5 Å². The van der Waals surface area contributed by atoms with Gasteiger partial charge < -0.3 is 10.6 Å². The van der Waals surface area contributed by atoms with Gasteiger partial charge in [0.2, 0.25) is 5.91 Å². The Morgan fingerprint density at radius 1 is 1.13 bits per heavy atom. The molecule has 8 heteroatoms. The van der Waals surface area contributed by atoms with Gasteiger partial charge in [0.1, 0.15) is 5.41 Å². The number of aliphatic imine (C=N–C) groups is 1. The molecular weight excluding hydrogens is 407 g/mol. The zero-order valence-electron chi connectivity index (χ0n) is 17.3. The van der Waals surface area contributed by atoms with Crippen LogP contribution in [0.5, 0.6) is 0 Å². The standard InChI is InChI=1S/C23H22F3N3O2/c1-4-18(27-5-2)17-12-15(22(3)20(30)13-28-21(22)31)8-11-19(17)29-16-9-6-14(7-10-16)23(24,25)26/h4-12,29H,13H2,1-3H3,(H,28,31)/b18-4-,27-5?. The molecule has 0 saturated carbocycles. The van der Waals surface area contributed by atoms with E-state index < -0.39 is 17.2 Å². The number of allylic oxidation sites excluding steroid dienone is 1. The lowest BCUT2D eigenvalue weighted by atomic mass is 9.79. The number of alkyl halides is 3. The van der Waals surface area contributed by atoms with Crippen molar-refractivity contribution in [2.75, 3.05) is 11.9 Å². The third kappa shape index (κ3) is 4.23. The number of hydrogen-bond donors (Lipinski definition) is 2. The molecule has 0 bridgehead atoms. The predicted octanol–water partition coefficient (Wildman–Crippen LogP) is 4.86. The first-order chi connectivity index (χ1) is 14.6. The zero-order valence-corrected chi connectivity index (χ0v) is 17.3. The minimum atomic E-state index is -4.41. The maximum absolute atomic E-state index is 12.8. The summed E-state index contributed by atoms with van der Waals surface area (Å²) >= 11 is 0. The number of amides is 1. The maximum Gasteiger partial charge on any atom is 0.416 e. The van der Waals surface area contributed by atoms with Gasteiger partial charge in [0, 0.05) is 23.2 Å². The van der Waals surface area contributed by atoms with E-state index in [2.05, 4.69) is 15.6 Å². The molecule has 1 amide bonds. The second-order valence-corrected chi connectivity index (χ2v) is 7.25. The summed E-state index contributed by atoms with van der Waals surface area (Å²) in [5.74, 6) is -0.596. The molecule has 0 radical (unpaired) electrons. The molecule has 2 aromatic carbocycles. The highest BCUT2D eigenvalue weighted by Gasteiger charge is 2.47. The summed E-state index contributed by atoms with van der Waals surface area (Å²) in [6.45, 7) is 5.11. The van der Waals surface area contributed by atoms with E-state index in [0.717, 1.165) is 12.1 Å². The van der Waals surface area contributed by atoms with E-state index in [9.17, 15) is 22.8 Å². The number of carbonyl (C=O) groups is 2. The van der Waals surface area contributed by atoms with Crippen molar-refractivity contribution in [3.05, 3.63) is 65.2 Å². The highest BCUT2D eigenvalue weighted by Crippen LogP contribution is 2.36. The molecule has 1 atom stereocenters. The molecule has 3 rings (SSSR count). The SMILES string of the molecule is CC=N/C(=C\C)c1cc(C2(C)C(=O)CNC2=O)ccc1Nc1ccc(C(F)(F)F)cc1. The fourth-order valence-corrected chi connectivity index (χ4v) is 3.45. The summed E-state index contributed by atoms with van der Waals surface area (Å²) in [5, 5.41) is 5.69. The van der Waals surface area contributed by atoms with Crippen LogP contribution in [0.3, 0.4) is 0 Å². The predicted molar refractivity (Wildman–Crippen MR) is 114 cm³/mol. The quantitative estimate of drug-likeness (QED) is 0.527. The zero-order chi connectivity index (χ0) is 22.8. The number of Topliss-reactive ketones (excluding diaryl/α,β-unsaturated/α-hetero) is 1. The second-order valence-electron chi connectivity index (χ2n) is 7.25. The molecular formula is C23H22F3N3O2. The van der Waals surface area contributed by atoms with Crippen molar-refractivity contribution in [3.8, 4) is 0 Å². The third-order valence-corrected chi connectivity index (χ3v) is 5.33. The molecule has 162 valence electrons. The highest BCUT2D eigenvalue weighted by atomic mass is 19.4. The van der Waals surface area contributed by atoms with Gasteiger partial charge in [0.05, 0.1) is 17.8 Å². The Labute approximate surface area is 178 Å². The highest BCUT2D eigenvalue weighted by molar-refractivity contribution is 6.17. The third-order valence-electron chi connectivity index (χ3n) is 5.33.